The van der Waals surface area contributed by atoms with E-state index in [9.17, 15) is 63.9 Å². The van der Waals surface area contributed by atoms with Crippen molar-refractivity contribution in [1.29, 1.82) is 0 Å². The van der Waals surface area contributed by atoms with Crippen molar-refractivity contribution >= 4 is 123 Å². The standard InChI is InChI=1S/C88H111N17O25/c1-44(2)37-60-79(119)93-56-13-7-8-34-90-70(112)33-30-59(77(117)101-65(88(128)129)40-49-20-26-53(109)27-21-49)94-76(116)57-28-31-68(110)74(114)73(103-83(123)67-15-10-36-105(67)87(127)64(100-75(56)115)39-48-18-24-52(108)25-19-48)85(125)99-62(81(121)97-61(80(120)95-57)41-50-43-91-55-12-6-5-11-54(50)55)42-71(113)130-45(3)72(84(124)98-60)102-78(118)58(29-32-69(89)111)96-82(122)66-14-9-35-104(66)86(126)63(92-46(4)106)38-47-16-22-51(107)23-17-47/h5-6,11-12,16-27,43-45,56-67,72-74,91,107-109,114H,7-10,13-15,28-42H2,1-4H3,(H2,89,111)(H,90,112)(H,92,106)(H,93,119)(H,94,116)(H,95,120)(H,96,122)(H,97,121)(H,98,124)(H,99,125)(H,100,115)(H,101,117)(H,102,118)(H,103,123)(H,128,129)/t45-,56+,57+,58+,59+,60+,61+,62+,63+,64+,65+,66+,67+,72+,73+,74?/m1/s1. The van der Waals surface area contributed by atoms with Gasteiger partial charge < -0.3 is 120 Å². The summed E-state index contributed by atoms with van der Waals surface area (Å²) in [4.78, 5) is 286. The quantitative estimate of drug-likeness (QED) is 0.0305. The minimum Gasteiger partial charge on any atom is -0.508 e. The molecule has 0 radical (unpaired) electrons. The molecule has 5 aliphatic heterocycles. The van der Waals surface area contributed by atoms with Crippen LogP contribution in [0.4, 0.5) is 0 Å². The molecule has 10 rings (SSSR count). The van der Waals surface area contributed by atoms with Crippen molar-refractivity contribution < 1.29 is 121 Å². The van der Waals surface area contributed by atoms with Crippen molar-refractivity contribution in [2.75, 3.05) is 19.6 Å². The van der Waals surface area contributed by atoms with Crippen molar-refractivity contribution in [2.45, 2.75) is 246 Å². The number of aliphatic hydroxyl groups excluding tert-OH is 1. The van der Waals surface area contributed by atoms with E-state index in [4.69, 9.17) is 10.5 Å². The highest BCUT2D eigenvalue weighted by Gasteiger charge is 2.47. The number of ether oxygens (including phenoxy) is 1. The number of cyclic esters (lactones) is 1. The van der Waals surface area contributed by atoms with Gasteiger partial charge in [-0.15, -0.1) is 0 Å². The highest BCUT2D eigenvalue weighted by atomic mass is 16.5. The maximum Gasteiger partial charge on any atom is 0.326 e. The predicted molar refractivity (Wildman–Crippen MR) is 458 cm³/mol. The lowest BCUT2D eigenvalue weighted by atomic mass is 9.97. The number of aliphatic hydroxyl groups is 1. The Hall–Kier alpha value is -14.1. The molecule has 0 saturated carbocycles. The van der Waals surface area contributed by atoms with Gasteiger partial charge in [0.15, 0.2) is 5.78 Å². The molecule has 42 nitrogen and oxygen atoms in total. The van der Waals surface area contributed by atoms with Gasteiger partial charge in [-0.2, -0.15) is 0 Å². The zero-order valence-electron chi connectivity index (χ0n) is 72.1. The van der Waals surface area contributed by atoms with Gasteiger partial charge in [0.25, 0.3) is 0 Å². The van der Waals surface area contributed by atoms with Crippen LogP contribution in [-0.2, 0) is 122 Å². The topological polar surface area (TPSA) is 639 Å². The number of ketones is 1. The lowest BCUT2D eigenvalue weighted by Crippen LogP contribution is -2.64. The summed E-state index contributed by atoms with van der Waals surface area (Å²) in [6.07, 6.45) is -11.1. The fraction of sp³-hybridized carbons (Fsp3) is 0.489. The van der Waals surface area contributed by atoms with E-state index in [1.807, 2.05) is 0 Å². The summed E-state index contributed by atoms with van der Waals surface area (Å²) in [5.41, 5.74) is 7.59. The number of phenols is 3. The number of nitrogens with one attached hydrogen (secondary N) is 14. The van der Waals surface area contributed by atoms with Gasteiger partial charge in [0, 0.05) is 88.6 Å². The Balaban J connectivity index is 1.10. The number of likely N-dealkylation sites (tertiary alicyclic amines) is 1. The number of rotatable bonds is 22. The van der Waals surface area contributed by atoms with Gasteiger partial charge >= 0.3 is 11.9 Å². The number of aromatic hydroxyl groups is 3. The Morgan fingerprint density at radius 3 is 1.79 bits per heavy atom. The maximum atomic E-state index is 15.7. The van der Waals surface area contributed by atoms with Crippen LogP contribution in [0.2, 0.25) is 0 Å². The van der Waals surface area contributed by atoms with E-state index in [0.717, 1.165) is 11.8 Å². The molecule has 1 unspecified atom stereocenters. The number of carboxylic acid groups (broad SMARTS) is 1. The lowest BCUT2D eigenvalue weighted by molar-refractivity contribution is -0.155. The highest BCUT2D eigenvalue weighted by Crippen LogP contribution is 2.27. The van der Waals surface area contributed by atoms with Gasteiger partial charge in [0.2, 0.25) is 94.5 Å². The molecule has 4 aromatic carbocycles. The number of Topliss-reactive ketones (excluding diaryl/α,β-unsaturated/α-hetero) is 1. The number of aliphatic carboxylic acids is 1. The molecule has 5 aliphatic rings. The van der Waals surface area contributed by atoms with Crippen LogP contribution in [0.15, 0.2) is 103 Å². The summed E-state index contributed by atoms with van der Waals surface area (Å²) in [5.74, 6) is -23.4. The number of para-hydroxylation sites is 1. The number of H-pyrrole nitrogens is 1. The van der Waals surface area contributed by atoms with Crippen molar-refractivity contribution in [3.8, 4) is 17.2 Å². The fourth-order valence-corrected chi connectivity index (χ4v) is 16.2. The molecule has 42 heteroatoms. The zero-order chi connectivity index (χ0) is 94.3. The maximum absolute atomic E-state index is 15.7. The summed E-state index contributed by atoms with van der Waals surface area (Å²) < 4.78 is 5.95. The highest BCUT2D eigenvalue weighted by molar-refractivity contribution is 6.04. The summed E-state index contributed by atoms with van der Waals surface area (Å²) in [6, 6.07) is -2.97. The zero-order valence-corrected chi connectivity index (χ0v) is 72.1. The number of benzene rings is 4. The average molecular weight is 1810 g/mol. The number of primary amides is 1. The molecule has 130 heavy (non-hydrogen) atoms. The van der Waals surface area contributed by atoms with E-state index in [1.165, 1.54) is 90.8 Å². The number of phenolic OH excluding ortho intramolecular Hbond substituents is 3. The molecule has 21 N–H and O–H groups in total. The number of carbonyl (C=O) groups is 19. The monoisotopic (exact) mass is 1810 g/mol. The first-order chi connectivity index (χ1) is 61.9. The molecule has 5 fully saturated rings. The fourth-order valence-electron chi connectivity index (χ4n) is 16.2. The molecule has 4 bridgehead atoms. The summed E-state index contributed by atoms with van der Waals surface area (Å²) in [6.45, 7) is 5.03. The summed E-state index contributed by atoms with van der Waals surface area (Å²) in [5, 5.41) is 86.5. The van der Waals surface area contributed by atoms with Gasteiger partial charge in [-0.25, -0.2) is 4.79 Å². The first-order valence-electron chi connectivity index (χ1n) is 43.2. The number of aromatic amines is 1. The van der Waals surface area contributed by atoms with Gasteiger partial charge in [0.05, 0.1) is 6.42 Å². The van der Waals surface area contributed by atoms with Crippen LogP contribution in [0.5, 0.6) is 17.2 Å². The lowest BCUT2D eigenvalue weighted by Gasteiger charge is -2.32. The molecule has 16 atom stereocenters. The van der Waals surface area contributed by atoms with Gasteiger partial charge in [-0.3, -0.25) is 86.3 Å². The second kappa shape index (κ2) is 45.6. The smallest absolute Gasteiger partial charge is 0.326 e. The molecule has 698 valence electrons. The Morgan fingerprint density at radius 2 is 1.15 bits per heavy atom. The van der Waals surface area contributed by atoms with E-state index in [1.54, 1.807) is 38.1 Å². The molecule has 16 amide bonds. The van der Waals surface area contributed by atoms with Crippen LogP contribution in [-0.4, -0.2) is 269 Å². The number of nitrogens with two attached hydrogens (primary N) is 1. The molecular formula is C88H111N17O25. The largest absolute Gasteiger partial charge is 0.508 e. The Labute approximate surface area is 745 Å². The normalized spacial score (nSPS) is 24.8. The van der Waals surface area contributed by atoms with Crippen molar-refractivity contribution in [1.82, 2.24) is 83.9 Å². The van der Waals surface area contributed by atoms with Crippen LogP contribution in [0.25, 0.3) is 10.9 Å². The van der Waals surface area contributed by atoms with Crippen molar-refractivity contribution in [3.05, 3.63) is 126 Å². The van der Waals surface area contributed by atoms with Gasteiger partial charge in [0.1, 0.15) is 114 Å². The van der Waals surface area contributed by atoms with E-state index < -0.39 is 273 Å². The van der Waals surface area contributed by atoms with Crippen molar-refractivity contribution in [3.63, 3.8) is 0 Å². The number of hydrogen-bond acceptors (Lipinski definition) is 24. The number of fused-ring (bicyclic) bond motifs is 12. The number of carbonyl (C=O) groups excluding carboxylic acids is 18. The van der Waals surface area contributed by atoms with Crippen LogP contribution >= 0.6 is 0 Å². The third kappa shape index (κ3) is 27.2. The second-order valence-corrected chi connectivity index (χ2v) is 33.5. The first kappa shape index (κ1) is 98.1. The van der Waals surface area contributed by atoms with E-state index in [0.29, 0.717) is 33.2 Å². The van der Waals surface area contributed by atoms with E-state index in [2.05, 4.69) is 74.1 Å². The molecular weight excluding hydrogens is 1700 g/mol. The number of aromatic nitrogens is 1. The van der Waals surface area contributed by atoms with E-state index >= 15 is 52.7 Å². The molecule has 0 aliphatic carbocycles. The molecule has 1 aromatic heterocycles. The first-order valence-corrected chi connectivity index (χ1v) is 43.2. The number of carboxylic acids is 1. The van der Waals surface area contributed by atoms with Crippen molar-refractivity contribution in [2.24, 2.45) is 11.7 Å². The minimum atomic E-state index is -2.74. The Bertz CT molecular complexity index is 5050. The van der Waals surface area contributed by atoms with Gasteiger partial charge in [-0.1, -0.05) is 68.4 Å². The van der Waals surface area contributed by atoms with E-state index in [-0.39, 0.29) is 101 Å². The SMILES string of the molecule is CC(=O)N[C@@H](Cc1ccc(O)cc1)C(=O)N1CCC[C@H]1C(=O)N[C@@H](CCC(N)=O)C(=O)N[C@@H]1C(=O)N[C@@H](CC(C)C)C(=O)N[C@H]2CCCCNC(=O)CC[C@@H](C(=O)N[C@@H](Cc3ccc(O)cc3)C(=O)O)NC(=O)[C@@H]3CCC(=O)C(O)[C@H](NC(=O)[C@@H]4CCCN4C(=O)[C@H](Cc4ccc(O)cc4)NC2=O)C(=O)N[C@@H](CC(=O)O[C@@H]1C)C(=O)N[C@@H](Cc1c[nH]c2ccccc12)C(=O)N3. The molecule has 6 heterocycles. The predicted octanol–water partition coefficient (Wildman–Crippen LogP) is -3.09. The Kier molecular flexibility index (Phi) is 34.4. The molecule has 0 spiro atoms. The van der Waals surface area contributed by atoms with Crippen LogP contribution in [0, 0.1) is 5.92 Å². The number of hydrogen-bond donors (Lipinski definition) is 20. The van der Waals surface area contributed by atoms with Crippen LogP contribution in [0.3, 0.4) is 0 Å². The number of nitrogens with zero attached hydrogens (tertiary/aromatic N) is 2. The molecule has 5 aromatic rings. The second-order valence-electron chi connectivity index (χ2n) is 33.5. The van der Waals surface area contributed by atoms with Crippen LogP contribution in [0.1, 0.15) is 146 Å². The van der Waals surface area contributed by atoms with Gasteiger partial charge in [-0.05, 0) is 148 Å². The Morgan fingerprint density at radius 1 is 0.562 bits per heavy atom. The van der Waals surface area contributed by atoms with Crippen LogP contribution < -0.4 is 74.9 Å². The summed E-state index contributed by atoms with van der Waals surface area (Å²) in [7, 11) is 0. The third-order valence-corrected chi connectivity index (χ3v) is 23.2. The minimum absolute atomic E-state index is 0.0104. The third-order valence-electron chi connectivity index (χ3n) is 23.2. The average Bonchev–Trinajstić information content (AvgIpc) is 1.54. The number of esters is 1. The number of amides is 16. The summed E-state index contributed by atoms with van der Waals surface area (Å²) >= 11 is 0. The molecule has 5 saturated heterocycles.